The van der Waals surface area contributed by atoms with Crippen molar-refractivity contribution in [1.29, 1.82) is 0 Å². The minimum atomic E-state index is -2.88. The van der Waals surface area contributed by atoms with Gasteiger partial charge in [0.2, 0.25) is 0 Å². The lowest BCUT2D eigenvalue weighted by Gasteiger charge is -2.06. The molecule has 0 aromatic carbocycles. The Bertz CT molecular complexity index is 675. The maximum Gasteiger partial charge on any atom is 0.151 e. The second-order valence-electron chi connectivity index (χ2n) is 4.47. The molecule has 3 rings (SSSR count). The lowest BCUT2D eigenvalue weighted by atomic mass is 10.1. The van der Waals surface area contributed by atoms with Gasteiger partial charge in [0, 0.05) is 17.8 Å². The Labute approximate surface area is 99.2 Å². The molecule has 1 unspecified atom stereocenters. The van der Waals surface area contributed by atoms with Crippen molar-refractivity contribution in [2.75, 3.05) is 17.2 Å². The molecule has 0 bridgehead atoms. The van der Waals surface area contributed by atoms with E-state index in [-0.39, 0.29) is 17.4 Å². The number of rotatable bonds is 1. The SMILES string of the molecule is Nc1ccn2c(C3CCS(=O)(=O)C3)ncc2c1. The highest BCUT2D eigenvalue weighted by Gasteiger charge is 2.31. The summed E-state index contributed by atoms with van der Waals surface area (Å²) in [6.45, 7) is 0. The Morgan fingerprint density at radius 3 is 3.00 bits per heavy atom. The lowest BCUT2D eigenvalue weighted by molar-refractivity contribution is 0.601. The molecule has 0 radical (unpaired) electrons. The highest BCUT2D eigenvalue weighted by atomic mass is 32.2. The van der Waals surface area contributed by atoms with Gasteiger partial charge in [0.05, 0.1) is 23.2 Å². The molecule has 1 atom stereocenters. The molecule has 1 saturated heterocycles. The van der Waals surface area contributed by atoms with Crippen LogP contribution < -0.4 is 5.73 Å². The summed E-state index contributed by atoms with van der Waals surface area (Å²) in [5.74, 6) is 1.30. The first-order chi connectivity index (χ1) is 8.05. The summed E-state index contributed by atoms with van der Waals surface area (Å²) in [5, 5.41) is 0. The summed E-state index contributed by atoms with van der Waals surface area (Å²) in [6.07, 6.45) is 4.24. The molecule has 17 heavy (non-hydrogen) atoms. The first kappa shape index (κ1) is 10.6. The van der Waals surface area contributed by atoms with Crippen molar-refractivity contribution in [3.8, 4) is 0 Å². The Morgan fingerprint density at radius 2 is 2.29 bits per heavy atom. The van der Waals surface area contributed by atoms with E-state index in [1.165, 1.54) is 0 Å². The van der Waals surface area contributed by atoms with Gasteiger partial charge < -0.3 is 10.1 Å². The summed E-state index contributed by atoms with van der Waals surface area (Å²) in [5.41, 5.74) is 7.28. The minimum absolute atomic E-state index is 0.00567. The molecule has 2 aromatic heterocycles. The molecule has 1 fully saturated rings. The van der Waals surface area contributed by atoms with E-state index in [0.717, 1.165) is 11.3 Å². The molecule has 90 valence electrons. The summed E-state index contributed by atoms with van der Waals surface area (Å²) in [6, 6.07) is 3.63. The van der Waals surface area contributed by atoms with E-state index in [4.69, 9.17) is 5.73 Å². The van der Waals surface area contributed by atoms with Crippen LogP contribution in [0.2, 0.25) is 0 Å². The topological polar surface area (TPSA) is 77.5 Å². The summed E-state index contributed by atoms with van der Waals surface area (Å²) in [7, 11) is -2.88. The normalized spacial score (nSPS) is 23.2. The number of sulfone groups is 1. The maximum absolute atomic E-state index is 11.5. The van der Waals surface area contributed by atoms with Gasteiger partial charge in [-0.15, -0.1) is 0 Å². The van der Waals surface area contributed by atoms with Gasteiger partial charge in [-0.1, -0.05) is 0 Å². The number of fused-ring (bicyclic) bond motifs is 1. The molecular weight excluding hydrogens is 238 g/mol. The van der Waals surface area contributed by atoms with E-state index in [1.807, 2.05) is 16.7 Å². The second kappa shape index (κ2) is 3.46. The fraction of sp³-hybridized carbons (Fsp3) is 0.364. The van der Waals surface area contributed by atoms with Crippen LogP contribution >= 0.6 is 0 Å². The van der Waals surface area contributed by atoms with Crippen molar-refractivity contribution < 1.29 is 8.42 Å². The first-order valence-electron chi connectivity index (χ1n) is 5.48. The second-order valence-corrected chi connectivity index (χ2v) is 6.70. The Kier molecular flexibility index (Phi) is 2.16. The number of nitrogens with zero attached hydrogens (tertiary/aromatic N) is 2. The van der Waals surface area contributed by atoms with Gasteiger partial charge >= 0.3 is 0 Å². The molecule has 6 heteroatoms. The average molecular weight is 251 g/mol. The fourth-order valence-corrected chi connectivity index (χ4v) is 4.08. The highest BCUT2D eigenvalue weighted by molar-refractivity contribution is 7.91. The van der Waals surface area contributed by atoms with Crippen molar-refractivity contribution >= 4 is 21.0 Å². The van der Waals surface area contributed by atoms with Gasteiger partial charge in [-0.05, 0) is 18.6 Å². The van der Waals surface area contributed by atoms with Crippen LogP contribution in [0.1, 0.15) is 18.2 Å². The van der Waals surface area contributed by atoms with Crippen LogP contribution in [0.25, 0.3) is 5.52 Å². The van der Waals surface area contributed by atoms with Crippen molar-refractivity contribution in [3.05, 3.63) is 30.4 Å². The van der Waals surface area contributed by atoms with Gasteiger partial charge in [-0.3, -0.25) is 0 Å². The molecule has 0 spiro atoms. The fourth-order valence-electron chi connectivity index (χ4n) is 2.34. The van der Waals surface area contributed by atoms with Gasteiger partial charge in [-0.2, -0.15) is 0 Å². The predicted molar refractivity (Wildman–Crippen MR) is 65.6 cm³/mol. The first-order valence-corrected chi connectivity index (χ1v) is 7.30. The molecule has 0 saturated carbocycles. The van der Waals surface area contributed by atoms with Crippen molar-refractivity contribution in [2.24, 2.45) is 0 Å². The summed E-state index contributed by atoms with van der Waals surface area (Å²) >= 11 is 0. The molecule has 3 heterocycles. The van der Waals surface area contributed by atoms with Crippen LogP contribution in [0.15, 0.2) is 24.5 Å². The van der Waals surface area contributed by atoms with Gasteiger partial charge in [0.1, 0.15) is 5.82 Å². The molecule has 2 aromatic rings. The largest absolute Gasteiger partial charge is 0.399 e. The van der Waals surface area contributed by atoms with Crippen molar-refractivity contribution in [2.45, 2.75) is 12.3 Å². The third kappa shape index (κ3) is 1.78. The number of nitrogen functional groups attached to an aromatic ring is 1. The summed E-state index contributed by atoms with van der Waals surface area (Å²) in [4.78, 5) is 4.33. The Morgan fingerprint density at radius 1 is 1.47 bits per heavy atom. The number of aromatic nitrogens is 2. The molecule has 5 nitrogen and oxygen atoms in total. The maximum atomic E-state index is 11.5. The number of hydrogen-bond acceptors (Lipinski definition) is 4. The van der Waals surface area contributed by atoms with Gasteiger partial charge in [0.15, 0.2) is 9.84 Å². The van der Waals surface area contributed by atoms with E-state index in [1.54, 1.807) is 12.3 Å². The van der Waals surface area contributed by atoms with Crippen molar-refractivity contribution in [3.63, 3.8) is 0 Å². The average Bonchev–Trinajstić information content (AvgIpc) is 2.80. The van der Waals surface area contributed by atoms with E-state index < -0.39 is 9.84 Å². The number of nitrogens with two attached hydrogens (primary N) is 1. The van der Waals surface area contributed by atoms with E-state index in [2.05, 4.69) is 4.98 Å². The molecular formula is C11H13N3O2S. The highest BCUT2D eigenvalue weighted by Crippen LogP contribution is 2.28. The van der Waals surface area contributed by atoms with Crippen LogP contribution in [0.5, 0.6) is 0 Å². The Balaban J connectivity index is 2.07. The molecule has 1 aliphatic heterocycles. The van der Waals surface area contributed by atoms with Crippen LogP contribution in [0.3, 0.4) is 0 Å². The molecule has 0 aliphatic carbocycles. The molecule has 0 amide bonds. The van der Waals surface area contributed by atoms with Crippen LogP contribution in [-0.2, 0) is 9.84 Å². The zero-order valence-corrected chi connectivity index (χ0v) is 10.0. The standard InChI is InChI=1S/C11H13N3O2S/c12-9-1-3-14-10(5-9)6-13-11(14)8-2-4-17(15,16)7-8/h1,3,5-6,8H,2,4,7,12H2. The van der Waals surface area contributed by atoms with Gasteiger partial charge in [0.25, 0.3) is 0 Å². The van der Waals surface area contributed by atoms with Crippen molar-refractivity contribution in [1.82, 2.24) is 9.38 Å². The minimum Gasteiger partial charge on any atom is -0.399 e. The van der Waals surface area contributed by atoms with E-state index >= 15 is 0 Å². The Hall–Kier alpha value is -1.56. The number of pyridine rings is 1. The zero-order chi connectivity index (χ0) is 12.0. The predicted octanol–water partition coefficient (Wildman–Crippen LogP) is 0.819. The third-order valence-electron chi connectivity index (χ3n) is 3.18. The molecule has 2 N–H and O–H groups in total. The van der Waals surface area contributed by atoms with Crippen LogP contribution in [0.4, 0.5) is 5.69 Å². The molecule has 1 aliphatic rings. The van der Waals surface area contributed by atoms with Gasteiger partial charge in [-0.25, -0.2) is 13.4 Å². The van der Waals surface area contributed by atoms with Crippen LogP contribution in [0, 0.1) is 0 Å². The summed E-state index contributed by atoms with van der Waals surface area (Å²) < 4.78 is 24.9. The smallest absolute Gasteiger partial charge is 0.151 e. The van der Waals surface area contributed by atoms with Crippen LogP contribution in [-0.4, -0.2) is 29.3 Å². The third-order valence-corrected chi connectivity index (χ3v) is 4.95. The lowest BCUT2D eigenvalue weighted by Crippen LogP contribution is -2.07. The van der Waals surface area contributed by atoms with E-state index in [0.29, 0.717) is 12.1 Å². The zero-order valence-electron chi connectivity index (χ0n) is 9.20. The quantitative estimate of drug-likeness (QED) is 0.814. The number of imidazole rings is 1. The number of anilines is 1. The number of hydrogen-bond donors (Lipinski definition) is 1. The monoisotopic (exact) mass is 251 g/mol. The van der Waals surface area contributed by atoms with E-state index in [9.17, 15) is 8.42 Å².